The molecule has 1 fully saturated rings. The van der Waals surface area contributed by atoms with Crippen molar-refractivity contribution in [1.82, 2.24) is 9.80 Å². The molecule has 0 aliphatic carbocycles. The van der Waals surface area contributed by atoms with E-state index in [1.54, 1.807) is 11.4 Å². The van der Waals surface area contributed by atoms with Crippen molar-refractivity contribution in [2.75, 3.05) is 45.2 Å². The van der Waals surface area contributed by atoms with Gasteiger partial charge in [0.15, 0.2) is 0 Å². The molecule has 0 bridgehead atoms. The smallest absolute Gasteiger partial charge is 0.350 e. The predicted octanol–water partition coefficient (Wildman–Crippen LogP) is 1.66. The third kappa shape index (κ3) is 5.54. The van der Waals surface area contributed by atoms with Crippen LogP contribution in [0.1, 0.15) is 29.9 Å². The van der Waals surface area contributed by atoms with Crippen LogP contribution in [0.4, 0.5) is 5.69 Å². The molecule has 25 heavy (non-hydrogen) atoms. The van der Waals surface area contributed by atoms with Gasteiger partial charge in [0.2, 0.25) is 11.8 Å². The molecule has 2 heterocycles. The van der Waals surface area contributed by atoms with Crippen LogP contribution in [-0.4, -0.2) is 67.4 Å². The largest absolute Gasteiger partial charge is 0.465 e. The van der Waals surface area contributed by atoms with Gasteiger partial charge in [0.05, 0.1) is 19.3 Å². The average molecular weight is 367 g/mol. The summed E-state index contributed by atoms with van der Waals surface area (Å²) in [4.78, 5) is 40.2. The van der Waals surface area contributed by atoms with Crippen molar-refractivity contribution in [3.8, 4) is 0 Å². The first-order valence-electron chi connectivity index (χ1n) is 8.36. The van der Waals surface area contributed by atoms with E-state index in [4.69, 9.17) is 4.74 Å². The van der Waals surface area contributed by atoms with Gasteiger partial charge in [-0.1, -0.05) is 13.8 Å². The van der Waals surface area contributed by atoms with Gasteiger partial charge in [-0.15, -0.1) is 11.3 Å². The Hall–Kier alpha value is -1.93. The molecule has 0 atom stereocenters. The van der Waals surface area contributed by atoms with Crippen LogP contribution in [0.15, 0.2) is 11.4 Å². The normalized spacial score (nSPS) is 15.3. The summed E-state index contributed by atoms with van der Waals surface area (Å²) < 4.78 is 4.70. The number of hydrogen-bond acceptors (Lipinski definition) is 6. The fraction of sp³-hybridized carbons (Fsp3) is 0.588. The van der Waals surface area contributed by atoms with E-state index in [0.717, 1.165) is 0 Å². The zero-order valence-electron chi connectivity index (χ0n) is 14.9. The summed E-state index contributed by atoms with van der Waals surface area (Å²) in [7, 11) is 1.31. The molecule has 0 radical (unpaired) electrons. The van der Waals surface area contributed by atoms with Gasteiger partial charge >= 0.3 is 5.97 Å². The molecule has 1 aromatic rings. The maximum Gasteiger partial charge on any atom is 0.350 e. The van der Waals surface area contributed by atoms with Crippen LogP contribution in [-0.2, 0) is 14.3 Å². The van der Waals surface area contributed by atoms with Crippen molar-refractivity contribution in [2.24, 2.45) is 5.92 Å². The highest BCUT2D eigenvalue weighted by molar-refractivity contribution is 7.12. The minimum atomic E-state index is -0.456. The summed E-state index contributed by atoms with van der Waals surface area (Å²) in [6.07, 6.45) is 0.564. The quantitative estimate of drug-likeness (QED) is 0.774. The Morgan fingerprint density at radius 1 is 1.24 bits per heavy atom. The highest BCUT2D eigenvalue weighted by Gasteiger charge is 2.23. The van der Waals surface area contributed by atoms with E-state index in [2.05, 4.69) is 5.32 Å². The lowest BCUT2D eigenvalue weighted by Gasteiger charge is -2.34. The number of thiophene rings is 1. The van der Waals surface area contributed by atoms with Crippen LogP contribution < -0.4 is 5.32 Å². The molecular weight excluding hydrogens is 342 g/mol. The van der Waals surface area contributed by atoms with E-state index >= 15 is 0 Å². The van der Waals surface area contributed by atoms with Crippen LogP contribution in [0.5, 0.6) is 0 Å². The Morgan fingerprint density at radius 3 is 2.52 bits per heavy atom. The van der Waals surface area contributed by atoms with E-state index in [-0.39, 0.29) is 18.4 Å². The number of carbonyl (C=O) groups is 3. The number of nitrogens with one attached hydrogen (secondary N) is 1. The number of hydrogen-bond donors (Lipinski definition) is 1. The van der Waals surface area contributed by atoms with E-state index in [1.165, 1.54) is 18.4 Å². The summed E-state index contributed by atoms with van der Waals surface area (Å²) in [6.45, 7) is 6.94. The van der Waals surface area contributed by atoms with Crippen molar-refractivity contribution in [3.05, 3.63) is 16.3 Å². The Morgan fingerprint density at radius 2 is 1.92 bits per heavy atom. The molecule has 1 saturated heterocycles. The summed E-state index contributed by atoms with van der Waals surface area (Å²) in [6, 6.07) is 1.69. The molecule has 7 nitrogen and oxygen atoms in total. The number of rotatable bonds is 6. The monoisotopic (exact) mass is 367 g/mol. The zero-order chi connectivity index (χ0) is 18.4. The molecule has 8 heteroatoms. The molecule has 0 aromatic carbocycles. The van der Waals surface area contributed by atoms with Crippen molar-refractivity contribution in [2.45, 2.75) is 20.3 Å². The summed E-state index contributed by atoms with van der Waals surface area (Å²) in [5.74, 6) is -0.0980. The van der Waals surface area contributed by atoms with Crippen LogP contribution >= 0.6 is 11.3 Å². The number of nitrogens with zero attached hydrogens (tertiary/aromatic N) is 2. The van der Waals surface area contributed by atoms with E-state index < -0.39 is 5.97 Å². The molecule has 2 rings (SSSR count). The van der Waals surface area contributed by atoms with E-state index in [0.29, 0.717) is 49.1 Å². The Labute approximate surface area is 151 Å². The molecular formula is C17H25N3O4S. The molecule has 2 amide bonds. The van der Waals surface area contributed by atoms with Gasteiger partial charge in [-0.3, -0.25) is 14.5 Å². The van der Waals surface area contributed by atoms with Crippen LogP contribution in [0, 0.1) is 5.92 Å². The molecule has 0 unspecified atom stereocenters. The number of anilines is 1. The Kier molecular flexibility index (Phi) is 6.95. The van der Waals surface area contributed by atoms with Gasteiger partial charge < -0.3 is 15.0 Å². The fourth-order valence-corrected chi connectivity index (χ4v) is 3.45. The Bertz CT molecular complexity index is 621. The fourth-order valence-electron chi connectivity index (χ4n) is 2.69. The number of carbonyl (C=O) groups excluding carboxylic acids is 3. The molecule has 1 aliphatic rings. The van der Waals surface area contributed by atoms with Gasteiger partial charge in [-0.2, -0.15) is 0 Å². The highest BCUT2D eigenvalue weighted by atomic mass is 32.1. The van der Waals surface area contributed by atoms with Gasteiger partial charge in [0, 0.05) is 32.6 Å². The van der Waals surface area contributed by atoms with Crippen LogP contribution in [0.3, 0.4) is 0 Å². The zero-order valence-corrected chi connectivity index (χ0v) is 15.7. The van der Waals surface area contributed by atoms with Crippen molar-refractivity contribution < 1.29 is 19.1 Å². The SMILES string of the molecule is COC(=O)c1sccc1NC(=O)CN1CCN(C(=O)CC(C)C)CC1. The third-order valence-electron chi connectivity index (χ3n) is 3.99. The number of ether oxygens (including phenoxy) is 1. The van der Waals surface area contributed by atoms with E-state index in [1.807, 2.05) is 23.6 Å². The molecule has 1 N–H and O–H groups in total. The van der Waals surface area contributed by atoms with Gasteiger partial charge in [0.25, 0.3) is 0 Å². The van der Waals surface area contributed by atoms with Crippen molar-refractivity contribution >= 4 is 34.8 Å². The maximum absolute atomic E-state index is 12.2. The van der Waals surface area contributed by atoms with Gasteiger partial charge in [0.1, 0.15) is 4.88 Å². The topological polar surface area (TPSA) is 79.0 Å². The van der Waals surface area contributed by atoms with Crippen molar-refractivity contribution in [3.63, 3.8) is 0 Å². The molecule has 0 spiro atoms. The second kappa shape index (κ2) is 8.96. The standard InChI is InChI=1S/C17H25N3O4S/c1-12(2)10-15(22)20-7-5-19(6-8-20)11-14(21)18-13-4-9-25-16(13)17(23)24-3/h4,9,12H,5-8,10-11H2,1-3H3,(H,18,21). The summed E-state index contributed by atoms with van der Waals surface area (Å²) in [5.41, 5.74) is 0.479. The van der Waals surface area contributed by atoms with E-state index in [9.17, 15) is 14.4 Å². The Balaban J connectivity index is 1.80. The molecule has 0 saturated carbocycles. The van der Waals surface area contributed by atoms with Gasteiger partial charge in [-0.25, -0.2) is 4.79 Å². The third-order valence-corrected chi connectivity index (χ3v) is 4.88. The maximum atomic E-state index is 12.2. The van der Waals surface area contributed by atoms with Gasteiger partial charge in [-0.05, 0) is 17.4 Å². The second-order valence-corrected chi connectivity index (χ2v) is 7.37. The number of esters is 1. The summed E-state index contributed by atoms with van der Waals surface area (Å²) >= 11 is 1.23. The lowest BCUT2D eigenvalue weighted by Crippen LogP contribution is -2.50. The minimum Gasteiger partial charge on any atom is -0.465 e. The predicted molar refractivity (Wildman–Crippen MR) is 96.8 cm³/mol. The second-order valence-electron chi connectivity index (χ2n) is 6.46. The number of methoxy groups -OCH3 is 1. The molecule has 1 aliphatic heterocycles. The molecule has 138 valence electrons. The molecule has 1 aromatic heterocycles. The van der Waals surface area contributed by atoms with Crippen LogP contribution in [0.2, 0.25) is 0 Å². The lowest BCUT2D eigenvalue weighted by atomic mass is 10.1. The first-order valence-corrected chi connectivity index (χ1v) is 9.24. The average Bonchev–Trinajstić information content (AvgIpc) is 3.02. The first-order chi connectivity index (χ1) is 11.9. The lowest BCUT2D eigenvalue weighted by molar-refractivity contribution is -0.133. The minimum absolute atomic E-state index is 0.175. The van der Waals surface area contributed by atoms with Crippen LogP contribution in [0.25, 0.3) is 0 Å². The highest BCUT2D eigenvalue weighted by Crippen LogP contribution is 2.23. The number of piperazine rings is 1. The number of amides is 2. The first kappa shape index (κ1) is 19.4. The van der Waals surface area contributed by atoms with Crippen molar-refractivity contribution in [1.29, 1.82) is 0 Å². The summed E-state index contributed by atoms with van der Waals surface area (Å²) in [5, 5.41) is 4.50.